The van der Waals surface area contributed by atoms with Gasteiger partial charge in [-0.1, -0.05) is 0 Å². The third-order valence-corrected chi connectivity index (χ3v) is 3.81. The molecule has 1 aliphatic rings. The van der Waals surface area contributed by atoms with Gasteiger partial charge in [-0.15, -0.1) is 0 Å². The molecule has 0 spiro atoms. The molecule has 0 radical (unpaired) electrons. The summed E-state index contributed by atoms with van der Waals surface area (Å²) in [5.41, 5.74) is 0. The molecular weight excluding hydrogens is 234 g/mol. The van der Waals surface area contributed by atoms with Crippen molar-refractivity contribution in [2.45, 2.75) is 25.8 Å². The number of nitrogens with zero attached hydrogens (tertiary/aromatic N) is 3. The van der Waals surface area contributed by atoms with Crippen LogP contribution in [-0.4, -0.2) is 45.5 Å². The van der Waals surface area contributed by atoms with Crippen molar-refractivity contribution in [2.75, 3.05) is 25.1 Å². The fourth-order valence-corrected chi connectivity index (χ4v) is 2.83. The minimum atomic E-state index is 0.264. The van der Waals surface area contributed by atoms with Gasteiger partial charge in [-0.05, 0) is 26.0 Å². The number of carbonyl (C=O) groups excluding carboxylic acids is 1. The van der Waals surface area contributed by atoms with Crippen molar-refractivity contribution in [3.8, 4) is 0 Å². The van der Waals surface area contributed by atoms with E-state index < -0.39 is 0 Å². The van der Waals surface area contributed by atoms with E-state index in [-0.39, 0.29) is 5.91 Å². The lowest BCUT2D eigenvalue weighted by Crippen LogP contribution is -2.41. The van der Waals surface area contributed by atoms with E-state index >= 15 is 0 Å². The molecule has 0 aliphatic carbocycles. The van der Waals surface area contributed by atoms with Gasteiger partial charge in [0.05, 0.1) is 11.8 Å². The average molecular weight is 253 g/mol. The molecule has 0 N–H and O–H groups in total. The summed E-state index contributed by atoms with van der Waals surface area (Å²) in [6.45, 7) is 3.75. The molecule has 17 heavy (non-hydrogen) atoms. The first-order valence-corrected chi connectivity index (χ1v) is 7.38. The Labute approximate surface area is 106 Å². The molecule has 1 aliphatic heterocycles. The van der Waals surface area contributed by atoms with E-state index in [1.54, 1.807) is 11.8 Å². The topological polar surface area (TPSA) is 38.1 Å². The molecule has 1 amide bonds. The Bertz CT molecular complexity index is 391. The highest BCUT2D eigenvalue weighted by Gasteiger charge is 2.24. The van der Waals surface area contributed by atoms with E-state index in [1.807, 2.05) is 30.5 Å². The molecule has 1 fully saturated rings. The summed E-state index contributed by atoms with van der Waals surface area (Å²) in [6.07, 6.45) is 8.04. The van der Waals surface area contributed by atoms with Crippen LogP contribution in [0.1, 0.15) is 24.7 Å². The molecule has 0 bridgehead atoms. The molecule has 4 nitrogen and oxygen atoms in total. The van der Waals surface area contributed by atoms with Gasteiger partial charge in [0.25, 0.3) is 0 Å². The quantitative estimate of drug-likeness (QED) is 0.823. The number of aryl methyl sites for hydroxylation is 1. The average Bonchev–Trinajstić information content (AvgIpc) is 2.76. The Morgan fingerprint density at radius 3 is 3.12 bits per heavy atom. The van der Waals surface area contributed by atoms with Gasteiger partial charge in [-0.2, -0.15) is 11.8 Å². The van der Waals surface area contributed by atoms with Crippen molar-refractivity contribution in [3.63, 3.8) is 0 Å². The van der Waals surface area contributed by atoms with Gasteiger partial charge < -0.3 is 9.47 Å². The molecule has 1 aromatic rings. The maximum Gasteiger partial charge on any atom is 0.232 e. The van der Waals surface area contributed by atoms with E-state index in [0.717, 1.165) is 31.8 Å². The second-order valence-corrected chi connectivity index (χ2v) is 5.32. The molecule has 94 valence electrons. The van der Waals surface area contributed by atoms with Crippen LogP contribution in [0.15, 0.2) is 12.4 Å². The lowest BCUT2D eigenvalue weighted by Gasteiger charge is -2.33. The Morgan fingerprint density at radius 1 is 1.65 bits per heavy atom. The van der Waals surface area contributed by atoms with Crippen LogP contribution in [0.4, 0.5) is 0 Å². The zero-order valence-electron chi connectivity index (χ0n) is 10.4. The molecule has 0 aromatic carbocycles. The number of piperidine rings is 1. The molecule has 1 saturated heterocycles. The number of rotatable bonds is 3. The number of imidazole rings is 1. The highest BCUT2D eigenvalue weighted by Crippen LogP contribution is 2.22. The van der Waals surface area contributed by atoms with Gasteiger partial charge in [0.1, 0.15) is 5.82 Å². The van der Waals surface area contributed by atoms with Crippen molar-refractivity contribution in [3.05, 3.63) is 18.2 Å². The van der Waals surface area contributed by atoms with E-state index in [9.17, 15) is 4.79 Å². The smallest absolute Gasteiger partial charge is 0.232 e. The van der Waals surface area contributed by atoms with Crippen LogP contribution in [0.2, 0.25) is 0 Å². The molecule has 0 unspecified atom stereocenters. The maximum atomic E-state index is 11.9. The second-order valence-electron chi connectivity index (χ2n) is 4.45. The summed E-state index contributed by atoms with van der Waals surface area (Å²) in [6, 6.07) is 0.400. The number of hydrogen-bond acceptors (Lipinski definition) is 3. The van der Waals surface area contributed by atoms with Crippen LogP contribution in [0.3, 0.4) is 0 Å². The fourth-order valence-electron chi connectivity index (χ4n) is 2.40. The molecule has 2 rings (SSSR count). The highest BCUT2D eigenvalue weighted by molar-refractivity contribution is 7.99. The number of carbonyl (C=O) groups is 1. The summed E-state index contributed by atoms with van der Waals surface area (Å²) in [7, 11) is 0. The summed E-state index contributed by atoms with van der Waals surface area (Å²) in [4.78, 5) is 18.1. The number of amides is 1. The lowest BCUT2D eigenvalue weighted by molar-refractivity contribution is -0.129. The third kappa shape index (κ3) is 2.83. The van der Waals surface area contributed by atoms with Crippen LogP contribution in [0.25, 0.3) is 0 Å². The lowest BCUT2D eigenvalue weighted by atomic mass is 10.1. The predicted molar refractivity (Wildman–Crippen MR) is 70.2 cm³/mol. The summed E-state index contributed by atoms with van der Waals surface area (Å²) in [5.74, 6) is 1.89. The maximum absolute atomic E-state index is 11.9. The Morgan fingerprint density at radius 2 is 2.47 bits per heavy atom. The molecule has 1 atom stereocenters. The largest absolute Gasteiger partial charge is 0.340 e. The van der Waals surface area contributed by atoms with Gasteiger partial charge in [0, 0.05) is 25.5 Å². The molecule has 0 saturated carbocycles. The van der Waals surface area contributed by atoms with Gasteiger partial charge in [0.2, 0.25) is 5.91 Å². The SMILES string of the molecule is CSCC(=O)N1CCC[C@H](n2ccnc2C)C1. The normalized spacial score (nSPS) is 20.6. The second kappa shape index (κ2) is 5.58. The summed E-state index contributed by atoms with van der Waals surface area (Å²) < 4.78 is 2.19. The van der Waals surface area contributed by atoms with Crippen molar-refractivity contribution in [2.24, 2.45) is 0 Å². The minimum Gasteiger partial charge on any atom is -0.340 e. The van der Waals surface area contributed by atoms with Crippen molar-refractivity contribution in [1.82, 2.24) is 14.5 Å². The van der Waals surface area contributed by atoms with E-state index in [0.29, 0.717) is 11.8 Å². The van der Waals surface area contributed by atoms with Crippen LogP contribution in [-0.2, 0) is 4.79 Å². The summed E-state index contributed by atoms with van der Waals surface area (Å²) >= 11 is 1.59. The fraction of sp³-hybridized carbons (Fsp3) is 0.667. The third-order valence-electron chi connectivity index (χ3n) is 3.27. The Kier molecular flexibility index (Phi) is 4.10. The van der Waals surface area contributed by atoms with Crippen LogP contribution < -0.4 is 0 Å². The summed E-state index contributed by atoms with van der Waals surface area (Å²) in [5, 5.41) is 0. The van der Waals surface area contributed by atoms with Crippen molar-refractivity contribution < 1.29 is 4.79 Å². The van der Waals surface area contributed by atoms with Gasteiger partial charge in [-0.3, -0.25) is 4.79 Å². The van der Waals surface area contributed by atoms with E-state index in [4.69, 9.17) is 0 Å². The molecular formula is C12H19N3OS. The van der Waals surface area contributed by atoms with Gasteiger partial charge in [-0.25, -0.2) is 4.98 Å². The number of aromatic nitrogens is 2. The van der Waals surface area contributed by atoms with E-state index in [2.05, 4.69) is 9.55 Å². The van der Waals surface area contributed by atoms with Crippen molar-refractivity contribution >= 4 is 17.7 Å². The monoisotopic (exact) mass is 253 g/mol. The minimum absolute atomic E-state index is 0.264. The number of thioether (sulfide) groups is 1. The zero-order chi connectivity index (χ0) is 12.3. The van der Waals surface area contributed by atoms with Crippen molar-refractivity contribution in [1.29, 1.82) is 0 Å². The Hall–Kier alpha value is -0.970. The first-order valence-electron chi connectivity index (χ1n) is 5.98. The molecule has 2 heterocycles. The predicted octanol–water partition coefficient (Wildman–Crippen LogP) is 1.72. The standard InChI is InChI=1S/C12H19N3OS/c1-10-13-5-7-15(10)11-4-3-6-14(8-11)12(16)9-17-2/h5,7,11H,3-4,6,8-9H2,1-2H3/t11-/m0/s1. The van der Waals surface area contributed by atoms with E-state index in [1.165, 1.54) is 0 Å². The molecule has 5 heteroatoms. The zero-order valence-corrected chi connectivity index (χ0v) is 11.2. The van der Waals surface area contributed by atoms with Crippen LogP contribution in [0, 0.1) is 6.92 Å². The van der Waals surface area contributed by atoms with Crippen LogP contribution >= 0.6 is 11.8 Å². The first-order chi connectivity index (χ1) is 8.22. The number of hydrogen-bond donors (Lipinski definition) is 0. The van der Waals surface area contributed by atoms with Gasteiger partial charge >= 0.3 is 0 Å². The molecule has 1 aromatic heterocycles. The number of likely N-dealkylation sites (tertiary alicyclic amines) is 1. The Balaban J connectivity index is 2.02. The highest BCUT2D eigenvalue weighted by atomic mass is 32.2. The van der Waals surface area contributed by atoms with Crippen LogP contribution in [0.5, 0.6) is 0 Å². The van der Waals surface area contributed by atoms with Gasteiger partial charge in [0.15, 0.2) is 0 Å². The first kappa shape index (κ1) is 12.5.